The van der Waals surface area contributed by atoms with Crippen LogP contribution in [0, 0.1) is 5.21 Å². The summed E-state index contributed by atoms with van der Waals surface area (Å²) in [5, 5.41) is 12.2. The first-order valence-electron chi connectivity index (χ1n) is 6.69. The lowest BCUT2D eigenvalue weighted by Gasteiger charge is -2.23. The number of hydrogen-bond donors (Lipinski definition) is 0. The minimum absolute atomic E-state index is 0.326. The lowest BCUT2D eigenvalue weighted by Crippen LogP contribution is -2.29. The van der Waals surface area contributed by atoms with E-state index in [-0.39, 0.29) is 0 Å². The summed E-state index contributed by atoms with van der Waals surface area (Å²) in [6.45, 7) is 0. The minimum Gasteiger partial charge on any atom is -0.624 e. The fourth-order valence-electron chi connectivity index (χ4n) is 2.93. The molecule has 0 heterocycles. The third kappa shape index (κ3) is 2.96. The molecule has 0 aromatic heterocycles. The second-order valence-electron chi connectivity index (χ2n) is 5.10. The van der Waals surface area contributed by atoms with Gasteiger partial charge in [0.15, 0.2) is 11.8 Å². The maximum atomic E-state index is 12.2. The van der Waals surface area contributed by atoms with Gasteiger partial charge in [0.25, 0.3) is 0 Å². The topological polar surface area (TPSA) is 26.1 Å². The first kappa shape index (κ1) is 11.0. The van der Waals surface area contributed by atoms with Crippen molar-refractivity contribution in [3.63, 3.8) is 0 Å². The highest BCUT2D eigenvalue weighted by atomic mass is 16.5. The average Bonchev–Trinajstić information content (AvgIpc) is 2.58. The molecule has 0 bridgehead atoms. The van der Waals surface area contributed by atoms with E-state index in [0.717, 1.165) is 25.7 Å². The third-order valence-corrected chi connectivity index (χ3v) is 3.90. The van der Waals surface area contributed by atoms with Gasteiger partial charge < -0.3 is 5.21 Å². The van der Waals surface area contributed by atoms with E-state index >= 15 is 0 Å². The van der Waals surface area contributed by atoms with Gasteiger partial charge in [-0.2, -0.15) is 0 Å². The second-order valence-corrected chi connectivity index (χ2v) is 5.10. The summed E-state index contributed by atoms with van der Waals surface area (Å²) in [7, 11) is 0. The van der Waals surface area contributed by atoms with E-state index in [1.807, 2.05) is 0 Å². The van der Waals surface area contributed by atoms with Crippen LogP contribution in [0.5, 0.6) is 0 Å². The molecule has 0 saturated heterocycles. The summed E-state index contributed by atoms with van der Waals surface area (Å²) in [5.41, 5.74) is 1.21. The maximum Gasteiger partial charge on any atom is 0.163 e. The van der Waals surface area contributed by atoms with Gasteiger partial charge >= 0.3 is 0 Å². The predicted octanol–water partition coefficient (Wildman–Crippen LogP) is 3.62. The number of nitrogens with zero attached hydrogens (tertiary/aromatic N) is 1. The Bertz CT molecular complexity index is 219. The van der Waals surface area contributed by atoms with Crippen LogP contribution in [-0.4, -0.2) is 16.5 Å². The molecule has 0 amide bonds. The van der Waals surface area contributed by atoms with Gasteiger partial charge in [0, 0.05) is 25.7 Å². The molecule has 2 fully saturated rings. The molecule has 15 heavy (non-hydrogen) atoms. The van der Waals surface area contributed by atoms with E-state index in [1.165, 1.54) is 55.4 Å². The lowest BCUT2D eigenvalue weighted by atomic mass is 9.95. The molecule has 0 spiro atoms. The van der Waals surface area contributed by atoms with Gasteiger partial charge in [-0.1, -0.05) is 19.3 Å². The molecule has 2 rings (SSSR count). The predicted molar refractivity (Wildman–Crippen MR) is 63.2 cm³/mol. The Hall–Kier alpha value is -0.530. The SMILES string of the molecule is [O-][N+](=C1CCCCCC1)C1CCCCC1. The molecule has 0 aromatic carbocycles. The summed E-state index contributed by atoms with van der Waals surface area (Å²) in [6.07, 6.45) is 13.4. The van der Waals surface area contributed by atoms with E-state index in [4.69, 9.17) is 0 Å². The van der Waals surface area contributed by atoms with Crippen molar-refractivity contribution in [2.45, 2.75) is 76.7 Å². The zero-order chi connectivity index (χ0) is 10.5. The van der Waals surface area contributed by atoms with Gasteiger partial charge in [0.05, 0.1) is 0 Å². The average molecular weight is 209 g/mol. The van der Waals surface area contributed by atoms with Gasteiger partial charge in [-0.3, -0.25) is 0 Å². The van der Waals surface area contributed by atoms with Gasteiger partial charge in [0.2, 0.25) is 0 Å². The molecular weight excluding hydrogens is 186 g/mol. The van der Waals surface area contributed by atoms with Crippen LogP contribution in [0.25, 0.3) is 0 Å². The van der Waals surface area contributed by atoms with Crippen LogP contribution in [0.15, 0.2) is 0 Å². The number of hydroxylamine groups is 1. The third-order valence-electron chi connectivity index (χ3n) is 3.90. The van der Waals surface area contributed by atoms with E-state index < -0.39 is 0 Å². The van der Waals surface area contributed by atoms with E-state index in [0.29, 0.717) is 6.04 Å². The monoisotopic (exact) mass is 209 g/mol. The van der Waals surface area contributed by atoms with Gasteiger partial charge in [0.1, 0.15) is 0 Å². The van der Waals surface area contributed by atoms with Crippen molar-refractivity contribution in [2.75, 3.05) is 0 Å². The van der Waals surface area contributed by atoms with Crippen LogP contribution in [0.3, 0.4) is 0 Å². The molecule has 2 aliphatic rings. The molecular formula is C13H23NO. The Morgan fingerprint density at radius 1 is 0.800 bits per heavy atom. The Morgan fingerprint density at radius 2 is 1.33 bits per heavy atom. The standard InChI is InChI=1S/C13H23NO/c15-14(13-10-6-3-7-11-13)12-8-4-1-2-5-9-12/h13H,1-11H2. The fourth-order valence-corrected chi connectivity index (χ4v) is 2.93. The molecule has 0 N–H and O–H groups in total. The maximum absolute atomic E-state index is 12.2. The summed E-state index contributed by atoms with van der Waals surface area (Å²) in [5.74, 6) is 0. The van der Waals surface area contributed by atoms with Crippen LogP contribution in [0.1, 0.15) is 70.6 Å². The molecule has 0 radical (unpaired) electrons. The Morgan fingerprint density at radius 3 is 1.93 bits per heavy atom. The van der Waals surface area contributed by atoms with Crippen molar-refractivity contribution in [2.24, 2.45) is 0 Å². The van der Waals surface area contributed by atoms with Crippen molar-refractivity contribution in [3.8, 4) is 0 Å². The van der Waals surface area contributed by atoms with Gasteiger partial charge in [-0.15, -0.1) is 0 Å². The van der Waals surface area contributed by atoms with Crippen molar-refractivity contribution >= 4 is 5.71 Å². The molecule has 0 aromatic rings. The van der Waals surface area contributed by atoms with Crippen molar-refractivity contribution in [1.29, 1.82) is 0 Å². The van der Waals surface area contributed by atoms with Crippen molar-refractivity contribution in [3.05, 3.63) is 5.21 Å². The molecule has 2 aliphatic carbocycles. The van der Waals surface area contributed by atoms with Crippen LogP contribution in [-0.2, 0) is 0 Å². The summed E-state index contributed by atoms with van der Waals surface area (Å²) in [6, 6.07) is 0.326. The number of hydrogen-bond acceptors (Lipinski definition) is 1. The molecule has 86 valence electrons. The van der Waals surface area contributed by atoms with Crippen molar-refractivity contribution < 1.29 is 4.74 Å². The normalized spacial score (nSPS) is 24.9. The first-order chi connectivity index (χ1) is 7.38. The smallest absolute Gasteiger partial charge is 0.163 e. The summed E-state index contributed by atoms with van der Waals surface area (Å²) >= 11 is 0. The molecule has 2 heteroatoms. The quantitative estimate of drug-likeness (QED) is 0.280. The van der Waals surface area contributed by atoms with E-state index in [1.54, 1.807) is 0 Å². The highest BCUT2D eigenvalue weighted by molar-refractivity contribution is 5.80. The molecule has 0 atom stereocenters. The van der Waals surface area contributed by atoms with E-state index in [2.05, 4.69) is 0 Å². The van der Waals surface area contributed by atoms with Crippen LogP contribution < -0.4 is 0 Å². The summed E-state index contributed by atoms with van der Waals surface area (Å²) < 4.78 is 1.41. The molecule has 2 nitrogen and oxygen atoms in total. The molecule has 0 unspecified atom stereocenters. The van der Waals surface area contributed by atoms with Crippen LogP contribution in [0.2, 0.25) is 0 Å². The highest BCUT2D eigenvalue weighted by Gasteiger charge is 2.23. The molecule has 0 aliphatic heterocycles. The lowest BCUT2D eigenvalue weighted by molar-refractivity contribution is -0.508. The Labute approximate surface area is 93.0 Å². The van der Waals surface area contributed by atoms with Crippen LogP contribution in [0.4, 0.5) is 0 Å². The second kappa shape index (κ2) is 5.53. The minimum atomic E-state index is 0.326. The summed E-state index contributed by atoms with van der Waals surface area (Å²) in [4.78, 5) is 0. The van der Waals surface area contributed by atoms with E-state index in [9.17, 15) is 5.21 Å². The Kier molecular flexibility index (Phi) is 4.04. The van der Waals surface area contributed by atoms with Gasteiger partial charge in [-0.25, -0.2) is 4.74 Å². The zero-order valence-electron chi connectivity index (χ0n) is 9.71. The highest BCUT2D eigenvalue weighted by Crippen LogP contribution is 2.22. The zero-order valence-corrected chi connectivity index (χ0v) is 9.71. The van der Waals surface area contributed by atoms with Crippen molar-refractivity contribution in [1.82, 2.24) is 0 Å². The van der Waals surface area contributed by atoms with Gasteiger partial charge in [-0.05, 0) is 25.7 Å². The largest absolute Gasteiger partial charge is 0.624 e. The Balaban J connectivity index is 2.00. The molecule has 2 saturated carbocycles. The first-order valence-corrected chi connectivity index (χ1v) is 6.69. The fraction of sp³-hybridized carbons (Fsp3) is 0.923. The number of rotatable bonds is 1. The van der Waals surface area contributed by atoms with Crippen LogP contribution >= 0.6 is 0 Å².